The van der Waals surface area contributed by atoms with Gasteiger partial charge in [-0.3, -0.25) is 4.72 Å². The summed E-state index contributed by atoms with van der Waals surface area (Å²) < 4.78 is 26.6. The fraction of sp³-hybridized carbons (Fsp3) is 0.200. The minimum absolute atomic E-state index is 0.129. The van der Waals surface area contributed by atoms with Crippen LogP contribution in [0.2, 0.25) is 0 Å². The van der Waals surface area contributed by atoms with Gasteiger partial charge in [0.15, 0.2) is 0 Å². The summed E-state index contributed by atoms with van der Waals surface area (Å²) in [6.45, 7) is 1.48. The predicted molar refractivity (Wildman–Crippen MR) is 67.8 cm³/mol. The Morgan fingerprint density at radius 3 is 2.83 bits per heavy atom. The summed E-state index contributed by atoms with van der Waals surface area (Å²) >= 11 is 1.10. The zero-order chi connectivity index (χ0) is 13.2. The lowest BCUT2D eigenvalue weighted by atomic mass is 10.2. The number of nitrogens with one attached hydrogen (secondary N) is 1. The molecule has 0 unspecified atom stereocenters. The minimum Gasteiger partial charge on any atom is -0.392 e. The Morgan fingerprint density at radius 1 is 1.44 bits per heavy atom. The second-order valence-electron chi connectivity index (χ2n) is 3.61. The van der Waals surface area contributed by atoms with Gasteiger partial charge in [-0.1, -0.05) is 23.5 Å². The molecule has 18 heavy (non-hydrogen) atoms. The van der Waals surface area contributed by atoms with E-state index in [0.717, 1.165) is 11.3 Å². The van der Waals surface area contributed by atoms with Crippen LogP contribution in [-0.2, 0) is 16.6 Å². The molecule has 8 heteroatoms. The Labute approximate surface area is 108 Å². The number of aryl methyl sites for hydroxylation is 1. The van der Waals surface area contributed by atoms with E-state index in [9.17, 15) is 8.42 Å². The zero-order valence-corrected chi connectivity index (χ0v) is 11.1. The Kier molecular flexibility index (Phi) is 3.60. The summed E-state index contributed by atoms with van der Waals surface area (Å²) in [7, 11) is -3.70. The average Bonchev–Trinajstić information content (AvgIpc) is 2.81. The molecule has 1 aromatic heterocycles. The van der Waals surface area contributed by atoms with Gasteiger partial charge in [0.1, 0.15) is 5.51 Å². The summed E-state index contributed by atoms with van der Waals surface area (Å²) in [6.07, 6.45) is 0. The summed E-state index contributed by atoms with van der Waals surface area (Å²) in [5.41, 5.74) is 2.58. The topological polar surface area (TPSA) is 92.2 Å². The molecular weight excluding hydrogens is 274 g/mol. The van der Waals surface area contributed by atoms with E-state index in [1.165, 1.54) is 11.6 Å². The monoisotopic (exact) mass is 285 g/mol. The molecule has 1 heterocycles. The van der Waals surface area contributed by atoms with Gasteiger partial charge in [-0.25, -0.2) is 8.42 Å². The number of nitrogens with zero attached hydrogens (tertiary/aromatic N) is 2. The van der Waals surface area contributed by atoms with E-state index in [4.69, 9.17) is 5.11 Å². The normalized spacial score (nSPS) is 11.4. The van der Waals surface area contributed by atoms with Gasteiger partial charge in [0.2, 0.25) is 5.13 Å². The highest BCUT2D eigenvalue weighted by molar-refractivity contribution is 7.93. The zero-order valence-electron chi connectivity index (χ0n) is 9.49. The molecule has 0 bridgehead atoms. The third-order valence-corrected chi connectivity index (χ3v) is 4.52. The molecule has 2 rings (SSSR count). The van der Waals surface area contributed by atoms with E-state index in [1.54, 1.807) is 19.1 Å². The molecule has 0 saturated heterocycles. The Balaban J connectivity index is 2.40. The molecule has 96 valence electrons. The number of hydrogen-bond donors (Lipinski definition) is 2. The molecule has 6 nitrogen and oxygen atoms in total. The summed E-state index contributed by atoms with van der Waals surface area (Å²) in [5.74, 6) is 0. The Hall–Kier alpha value is -1.51. The molecule has 0 saturated carbocycles. The quantitative estimate of drug-likeness (QED) is 0.878. The lowest BCUT2D eigenvalue weighted by Crippen LogP contribution is -2.14. The Morgan fingerprint density at radius 2 is 2.22 bits per heavy atom. The van der Waals surface area contributed by atoms with E-state index in [2.05, 4.69) is 14.9 Å². The van der Waals surface area contributed by atoms with Crippen molar-refractivity contribution < 1.29 is 13.5 Å². The second kappa shape index (κ2) is 5.01. The molecule has 1 aromatic carbocycles. The molecule has 0 fully saturated rings. The first-order valence-corrected chi connectivity index (χ1v) is 7.38. The largest absolute Gasteiger partial charge is 0.392 e. The van der Waals surface area contributed by atoms with Crippen molar-refractivity contribution in [1.82, 2.24) is 10.2 Å². The lowest BCUT2D eigenvalue weighted by Gasteiger charge is -2.09. The molecule has 0 aliphatic carbocycles. The van der Waals surface area contributed by atoms with Crippen molar-refractivity contribution in [3.05, 3.63) is 34.8 Å². The number of aliphatic hydroxyl groups is 1. The average molecular weight is 285 g/mol. The standard InChI is InChI=1S/C10H11N3O3S2/c1-7-2-3-8(5-14)4-9(7)18(15,16)13-10-12-11-6-17-10/h2-4,6,14H,5H2,1H3,(H,12,13). The van der Waals surface area contributed by atoms with Gasteiger partial charge < -0.3 is 5.11 Å². The third-order valence-electron chi connectivity index (χ3n) is 2.31. The molecule has 0 radical (unpaired) electrons. The van der Waals surface area contributed by atoms with Gasteiger partial charge in [0.05, 0.1) is 11.5 Å². The van der Waals surface area contributed by atoms with Gasteiger partial charge in [-0.05, 0) is 24.1 Å². The number of benzene rings is 1. The van der Waals surface area contributed by atoms with Crippen molar-refractivity contribution in [3.8, 4) is 0 Å². The van der Waals surface area contributed by atoms with Crippen molar-refractivity contribution in [1.29, 1.82) is 0 Å². The minimum atomic E-state index is -3.70. The molecule has 0 atom stereocenters. The number of hydrogen-bond acceptors (Lipinski definition) is 6. The Bertz CT molecular complexity index is 638. The van der Waals surface area contributed by atoms with Gasteiger partial charge in [0.25, 0.3) is 10.0 Å². The van der Waals surface area contributed by atoms with Gasteiger partial charge >= 0.3 is 0 Å². The molecule has 0 aliphatic rings. The first kappa shape index (κ1) is 12.9. The smallest absolute Gasteiger partial charge is 0.263 e. The molecule has 0 amide bonds. The number of aromatic nitrogens is 2. The van der Waals surface area contributed by atoms with Crippen molar-refractivity contribution in [2.75, 3.05) is 4.72 Å². The number of anilines is 1. The molecule has 0 spiro atoms. The number of sulfonamides is 1. The van der Waals surface area contributed by atoms with Crippen LogP contribution in [0, 0.1) is 6.92 Å². The van der Waals surface area contributed by atoms with E-state index >= 15 is 0 Å². The number of rotatable bonds is 4. The van der Waals surface area contributed by atoms with Crippen LogP contribution in [0.25, 0.3) is 0 Å². The van der Waals surface area contributed by atoms with Crippen LogP contribution in [0.15, 0.2) is 28.6 Å². The van der Waals surface area contributed by atoms with Crippen LogP contribution in [0.4, 0.5) is 5.13 Å². The fourth-order valence-corrected chi connectivity index (χ4v) is 3.41. The highest BCUT2D eigenvalue weighted by Gasteiger charge is 2.18. The van der Waals surface area contributed by atoms with E-state index in [1.807, 2.05) is 0 Å². The van der Waals surface area contributed by atoms with Crippen LogP contribution >= 0.6 is 11.3 Å². The van der Waals surface area contributed by atoms with Crippen molar-refractivity contribution in [2.45, 2.75) is 18.4 Å². The van der Waals surface area contributed by atoms with E-state index in [-0.39, 0.29) is 16.6 Å². The SMILES string of the molecule is Cc1ccc(CO)cc1S(=O)(=O)Nc1nncs1. The van der Waals surface area contributed by atoms with E-state index in [0.29, 0.717) is 11.1 Å². The van der Waals surface area contributed by atoms with Gasteiger partial charge in [0, 0.05) is 0 Å². The first-order valence-electron chi connectivity index (χ1n) is 5.02. The predicted octanol–water partition coefficient (Wildman–Crippen LogP) is 1.14. The van der Waals surface area contributed by atoms with E-state index < -0.39 is 10.0 Å². The molecule has 2 aromatic rings. The summed E-state index contributed by atoms with van der Waals surface area (Å²) in [5, 5.41) is 16.4. The lowest BCUT2D eigenvalue weighted by molar-refractivity contribution is 0.281. The highest BCUT2D eigenvalue weighted by atomic mass is 32.2. The van der Waals surface area contributed by atoms with Crippen molar-refractivity contribution in [2.24, 2.45) is 0 Å². The summed E-state index contributed by atoms with van der Waals surface area (Å²) in [4.78, 5) is 0.129. The third kappa shape index (κ3) is 2.66. The van der Waals surface area contributed by atoms with Crippen LogP contribution < -0.4 is 4.72 Å². The highest BCUT2D eigenvalue weighted by Crippen LogP contribution is 2.21. The van der Waals surface area contributed by atoms with Crippen molar-refractivity contribution >= 4 is 26.5 Å². The van der Waals surface area contributed by atoms with Gasteiger partial charge in [-0.15, -0.1) is 10.2 Å². The molecule has 2 N–H and O–H groups in total. The molecular formula is C10H11N3O3S2. The maximum absolute atomic E-state index is 12.1. The summed E-state index contributed by atoms with van der Waals surface area (Å²) in [6, 6.07) is 4.78. The van der Waals surface area contributed by atoms with Crippen molar-refractivity contribution in [3.63, 3.8) is 0 Å². The molecule has 0 aliphatic heterocycles. The second-order valence-corrected chi connectivity index (χ2v) is 6.09. The maximum atomic E-state index is 12.1. The van der Waals surface area contributed by atoms with Gasteiger partial charge in [-0.2, -0.15) is 0 Å². The fourth-order valence-electron chi connectivity index (χ4n) is 1.42. The number of aliphatic hydroxyl groups excluding tert-OH is 1. The van der Waals surface area contributed by atoms with Crippen LogP contribution in [0.3, 0.4) is 0 Å². The maximum Gasteiger partial charge on any atom is 0.263 e. The van der Waals surface area contributed by atoms with Crippen LogP contribution in [-0.4, -0.2) is 23.7 Å². The van der Waals surface area contributed by atoms with Crippen LogP contribution in [0.1, 0.15) is 11.1 Å². The first-order chi connectivity index (χ1) is 8.53. The van der Waals surface area contributed by atoms with Crippen LogP contribution in [0.5, 0.6) is 0 Å².